The SMILES string of the molecule is Cc1cc(C)cc(-c2cc(O)c(Sc3ccccc3CC3CC3)c(=O)o2)c1. The lowest BCUT2D eigenvalue weighted by Gasteiger charge is -2.10. The van der Waals surface area contributed by atoms with Gasteiger partial charge in [0, 0.05) is 16.5 Å². The predicted octanol–water partition coefficient (Wildman–Crippen LogP) is 5.73. The zero-order chi connectivity index (χ0) is 19.0. The van der Waals surface area contributed by atoms with E-state index in [0.717, 1.165) is 33.9 Å². The third-order valence-corrected chi connectivity index (χ3v) is 5.98. The summed E-state index contributed by atoms with van der Waals surface area (Å²) in [5.74, 6) is 1.11. The summed E-state index contributed by atoms with van der Waals surface area (Å²) in [7, 11) is 0. The van der Waals surface area contributed by atoms with E-state index in [-0.39, 0.29) is 10.6 Å². The van der Waals surface area contributed by atoms with Crippen LogP contribution in [0.25, 0.3) is 11.3 Å². The average Bonchev–Trinajstić information content (AvgIpc) is 3.42. The Balaban J connectivity index is 1.68. The maximum Gasteiger partial charge on any atom is 0.354 e. The molecule has 1 saturated carbocycles. The van der Waals surface area contributed by atoms with Gasteiger partial charge in [0.25, 0.3) is 0 Å². The van der Waals surface area contributed by atoms with Crippen LogP contribution in [0.5, 0.6) is 5.75 Å². The predicted molar refractivity (Wildman–Crippen MR) is 109 cm³/mol. The lowest BCUT2D eigenvalue weighted by atomic mass is 10.1. The van der Waals surface area contributed by atoms with Gasteiger partial charge in [-0.25, -0.2) is 4.79 Å². The van der Waals surface area contributed by atoms with Gasteiger partial charge < -0.3 is 9.52 Å². The van der Waals surface area contributed by atoms with Crippen molar-refractivity contribution in [1.82, 2.24) is 0 Å². The molecule has 1 aromatic heterocycles. The molecule has 27 heavy (non-hydrogen) atoms. The minimum atomic E-state index is -0.504. The maximum atomic E-state index is 12.6. The number of aromatic hydroxyl groups is 1. The molecule has 3 aromatic rings. The lowest BCUT2D eigenvalue weighted by Crippen LogP contribution is -2.03. The van der Waals surface area contributed by atoms with E-state index in [0.29, 0.717) is 5.76 Å². The highest BCUT2D eigenvalue weighted by Crippen LogP contribution is 2.39. The topological polar surface area (TPSA) is 50.4 Å². The molecule has 0 atom stereocenters. The molecular formula is C23H22O3S. The summed E-state index contributed by atoms with van der Waals surface area (Å²) in [5, 5.41) is 10.5. The van der Waals surface area contributed by atoms with Crippen LogP contribution in [-0.2, 0) is 6.42 Å². The van der Waals surface area contributed by atoms with Crippen molar-refractivity contribution < 1.29 is 9.52 Å². The van der Waals surface area contributed by atoms with Gasteiger partial charge in [0.1, 0.15) is 16.4 Å². The number of aryl methyl sites for hydroxylation is 2. The van der Waals surface area contributed by atoms with Gasteiger partial charge in [-0.3, -0.25) is 0 Å². The summed E-state index contributed by atoms with van der Waals surface area (Å²) < 4.78 is 5.55. The molecule has 1 aliphatic rings. The highest BCUT2D eigenvalue weighted by atomic mass is 32.2. The molecule has 0 spiro atoms. The largest absolute Gasteiger partial charge is 0.506 e. The van der Waals surface area contributed by atoms with Crippen LogP contribution in [0, 0.1) is 19.8 Å². The molecule has 4 heteroatoms. The summed E-state index contributed by atoms with van der Waals surface area (Å²) in [5.41, 5.74) is 3.68. The highest BCUT2D eigenvalue weighted by molar-refractivity contribution is 7.99. The third kappa shape index (κ3) is 4.11. The van der Waals surface area contributed by atoms with Crippen LogP contribution in [0.4, 0.5) is 0 Å². The van der Waals surface area contributed by atoms with Gasteiger partial charge in [0.05, 0.1) is 0 Å². The number of rotatable bonds is 5. The van der Waals surface area contributed by atoms with Crippen molar-refractivity contribution in [3.8, 4) is 17.1 Å². The molecule has 1 aliphatic carbocycles. The average molecular weight is 378 g/mol. The van der Waals surface area contributed by atoms with Gasteiger partial charge in [-0.15, -0.1) is 0 Å². The third-order valence-electron chi connectivity index (χ3n) is 4.78. The Morgan fingerprint density at radius 1 is 1.07 bits per heavy atom. The van der Waals surface area contributed by atoms with E-state index in [1.54, 1.807) is 6.07 Å². The fraction of sp³-hybridized carbons (Fsp3) is 0.261. The molecule has 1 heterocycles. The summed E-state index contributed by atoms with van der Waals surface area (Å²) in [6, 6.07) is 15.6. The van der Waals surface area contributed by atoms with Crippen LogP contribution in [0.2, 0.25) is 0 Å². The van der Waals surface area contributed by atoms with Gasteiger partial charge >= 0.3 is 5.63 Å². The van der Waals surface area contributed by atoms with E-state index >= 15 is 0 Å². The highest BCUT2D eigenvalue weighted by Gasteiger charge is 2.23. The Morgan fingerprint density at radius 2 is 1.78 bits per heavy atom. The molecular weight excluding hydrogens is 356 g/mol. The van der Waals surface area contributed by atoms with Crippen molar-refractivity contribution in [3.05, 3.63) is 75.6 Å². The molecule has 1 N–H and O–H groups in total. The van der Waals surface area contributed by atoms with E-state index in [9.17, 15) is 9.90 Å². The van der Waals surface area contributed by atoms with Crippen molar-refractivity contribution >= 4 is 11.8 Å². The monoisotopic (exact) mass is 378 g/mol. The summed E-state index contributed by atoms with van der Waals surface area (Å²) in [6.45, 7) is 3.99. The fourth-order valence-electron chi connectivity index (χ4n) is 3.34. The second kappa shape index (κ2) is 7.28. The van der Waals surface area contributed by atoms with Crippen molar-refractivity contribution in [2.45, 2.75) is 42.9 Å². The van der Waals surface area contributed by atoms with Crippen LogP contribution in [-0.4, -0.2) is 5.11 Å². The molecule has 0 radical (unpaired) electrons. The molecule has 0 bridgehead atoms. The quantitative estimate of drug-likeness (QED) is 0.616. The first-order valence-electron chi connectivity index (χ1n) is 9.21. The molecule has 0 unspecified atom stereocenters. The normalized spacial score (nSPS) is 13.7. The zero-order valence-electron chi connectivity index (χ0n) is 15.5. The van der Waals surface area contributed by atoms with Crippen LogP contribution >= 0.6 is 11.8 Å². The first-order valence-corrected chi connectivity index (χ1v) is 10.0. The molecule has 4 rings (SSSR count). The van der Waals surface area contributed by atoms with Crippen molar-refractivity contribution in [2.75, 3.05) is 0 Å². The molecule has 0 aliphatic heterocycles. The Bertz CT molecular complexity index is 1030. The number of hydrogen-bond donors (Lipinski definition) is 1. The first-order chi connectivity index (χ1) is 13.0. The first kappa shape index (κ1) is 17.9. The van der Waals surface area contributed by atoms with Crippen LogP contribution in [0.15, 0.2) is 67.5 Å². The Labute approximate surface area is 163 Å². The van der Waals surface area contributed by atoms with Gasteiger partial charge in [-0.05, 0) is 62.8 Å². The lowest BCUT2D eigenvalue weighted by molar-refractivity contribution is 0.430. The van der Waals surface area contributed by atoms with E-state index < -0.39 is 5.63 Å². The Hall–Kier alpha value is -2.46. The smallest absolute Gasteiger partial charge is 0.354 e. The van der Waals surface area contributed by atoms with Crippen molar-refractivity contribution in [1.29, 1.82) is 0 Å². The molecule has 2 aromatic carbocycles. The van der Waals surface area contributed by atoms with Gasteiger partial charge in [0.2, 0.25) is 0 Å². The second-order valence-corrected chi connectivity index (χ2v) is 8.40. The van der Waals surface area contributed by atoms with Crippen LogP contribution < -0.4 is 5.63 Å². The van der Waals surface area contributed by atoms with E-state index in [4.69, 9.17) is 4.42 Å². The molecule has 138 valence electrons. The molecule has 3 nitrogen and oxygen atoms in total. The summed E-state index contributed by atoms with van der Waals surface area (Å²) >= 11 is 1.29. The van der Waals surface area contributed by atoms with E-state index in [1.165, 1.54) is 30.2 Å². The second-order valence-electron chi connectivity index (χ2n) is 7.35. The maximum absolute atomic E-state index is 12.6. The van der Waals surface area contributed by atoms with Gasteiger partial charge in [0.15, 0.2) is 0 Å². The zero-order valence-corrected chi connectivity index (χ0v) is 16.3. The van der Waals surface area contributed by atoms with Crippen LogP contribution in [0.3, 0.4) is 0 Å². The van der Waals surface area contributed by atoms with Crippen molar-refractivity contribution in [3.63, 3.8) is 0 Å². The number of benzene rings is 2. The Kier molecular flexibility index (Phi) is 4.83. The van der Waals surface area contributed by atoms with E-state index in [2.05, 4.69) is 12.1 Å². The Morgan fingerprint density at radius 3 is 2.44 bits per heavy atom. The minimum Gasteiger partial charge on any atom is -0.506 e. The summed E-state index contributed by atoms with van der Waals surface area (Å²) in [6.07, 6.45) is 3.57. The fourth-order valence-corrected chi connectivity index (χ4v) is 4.28. The molecule has 0 amide bonds. The molecule has 0 saturated heterocycles. The standard InChI is InChI=1S/C23H22O3S/c1-14-9-15(2)11-18(10-14)20-13-19(24)22(23(25)26-20)27-21-6-4-3-5-17(21)12-16-7-8-16/h3-6,9-11,13,16,24H,7-8,12H2,1-2H3. The molecule has 1 fully saturated rings. The number of hydrogen-bond acceptors (Lipinski definition) is 4. The van der Waals surface area contributed by atoms with Gasteiger partial charge in [-0.1, -0.05) is 47.2 Å². The van der Waals surface area contributed by atoms with E-state index in [1.807, 2.05) is 44.2 Å². The summed E-state index contributed by atoms with van der Waals surface area (Å²) in [4.78, 5) is 13.9. The van der Waals surface area contributed by atoms with Crippen molar-refractivity contribution in [2.24, 2.45) is 5.92 Å². The van der Waals surface area contributed by atoms with Crippen LogP contribution in [0.1, 0.15) is 29.5 Å². The minimum absolute atomic E-state index is 0.0355. The van der Waals surface area contributed by atoms with Gasteiger partial charge in [-0.2, -0.15) is 0 Å².